The number of carbonyl (C=O) groups excluding carboxylic acids is 2. The second-order valence-electron chi connectivity index (χ2n) is 10.1. The summed E-state index contributed by atoms with van der Waals surface area (Å²) in [7, 11) is 0. The van der Waals surface area contributed by atoms with E-state index in [1.165, 1.54) is 36.4 Å². The molecular formula is C35H22N2O8. The Morgan fingerprint density at radius 3 is 1.38 bits per heavy atom. The smallest absolute Gasteiger partial charge is 0.343 e. The molecule has 0 radical (unpaired) electrons. The largest absolute Gasteiger partial charge is 0.422 e. The van der Waals surface area contributed by atoms with Crippen LogP contribution in [0.25, 0.3) is 21.5 Å². The van der Waals surface area contributed by atoms with E-state index in [2.05, 4.69) is 0 Å². The summed E-state index contributed by atoms with van der Waals surface area (Å²) in [5, 5.41) is 25.5. The van der Waals surface area contributed by atoms with Gasteiger partial charge in [-0.15, -0.1) is 0 Å². The van der Waals surface area contributed by atoms with Crippen molar-refractivity contribution in [2.45, 2.75) is 6.42 Å². The van der Waals surface area contributed by atoms with E-state index in [4.69, 9.17) is 9.47 Å². The van der Waals surface area contributed by atoms with Crippen molar-refractivity contribution in [1.82, 2.24) is 0 Å². The van der Waals surface area contributed by atoms with E-state index < -0.39 is 21.8 Å². The van der Waals surface area contributed by atoms with E-state index in [0.717, 1.165) is 22.9 Å². The van der Waals surface area contributed by atoms with Gasteiger partial charge in [0, 0.05) is 52.6 Å². The van der Waals surface area contributed by atoms with E-state index in [1.807, 2.05) is 36.4 Å². The highest BCUT2D eigenvalue weighted by Crippen LogP contribution is 2.37. The van der Waals surface area contributed by atoms with Crippen LogP contribution in [0.5, 0.6) is 11.5 Å². The van der Waals surface area contributed by atoms with Gasteiger partial charge in [-0.1, -0.05) is 84.9 Å². The van der Waals surface area contributed by atoms with Gasteiger partial charge in [0.15, 0.2) is 0 Å². The average molecular weight is 599 g/mol. The van der Waals surface area contributed by atoms with E-state index in [-0.39, 0.29) is 40.4 Å². The number of nitro benzene ring substituents is 2. The Morgan fingerprint density at radius 2 is 0.956 bits per heavy atom. The van der Waals surface area contributed by atoms with Crippen molar-refractivity contribution < 1.29 is 28.9 Å². The zero-order valence-electron chi connectivity index (χ0n) is 23.4. The van der Waals surface area contributed by atoms with Gasteiger partial charge >= 0.3 is 11.9 Å². The lowest BCUT2D eigenvalue weighted by atomic mass is 9.96. The molecule has 6 aromatic carbocycles. The molecule has 0 aliphatic heterocycles. The maximum Gasteiger partial charge on any atom is 0.343 e. The lowest BCUT2D eigenvalue weighted by Crippen LogP contribution is -2.12. The molecule has 6 aromatic rings. The molecule has 10 heteroatoms. The molecule has 0 aliphatic carbocycles. The Morgan fingerprint density at radius 1 is 0.533 bits per heavy atom. The van der Waals surface area contributed by atoms with Crippen LogP contribution in [0.4, 0.5) is 11.4 Å². The maximum atomic E-state index is 13.3. The van der Waals surface area contributed by atoms with Crippen molar-refractivity contribution in [3.63, 3.8) is 0 Å². The van der Waals surface area contributed by atoms with Crippen LogP contribution in [0, 0.1) is 20.2 Å². The number of nitrogens with zero attached hydrogens (tertiary/aromatic N) is 2. The van der Waals surface area contributed by atoms with Crippen molar-refractivity contribution in [2.75, 3.05) is 0 Å². The summed E-state index contributed by atoms with van der Waals surface area (Å²) in [6.07, 6.45) is 0.171. The summed E-state index contributed by atoms with van der Waals surface area (Å²) in [5.74, 6) is -1.03. The summed E-state index contributed by atoms with van der Waals surface area (Å²) in [5.41, 5.74) is 0.731. The van der Waals surface area contributed by atoms with Crippen molar-refractivity contribution in [3.05, 3.63) is 164 Å². The molecular weight excluding hydrogens is 576 g/mol. The first-order chi connectivity index (χ1) is 21.8. The van der Waals surface area contributed by atoms with Crippen LogP contribution in [0.3, 0.4) is 0 Å². The molecule has 0 saturated heterocycles. The third kappa shape index (κ3) is 5.93. The molecule has 10 nitrogen and oxygen atoms in total. The van der Waals surface area contributed by atoms with Crippen molar-refractivity contribution in [2.24, 2.45) is 0 Å². The van der Waals surface area contributed by atoms with Gasteiger partial charge in [0.2, 0.25) is 0 Å². The minimum absolute atomic E-state index is 0.0142. The number of carbonyl (C=O) groups is 2. The molecule has 0 atom stereocenters. The highest BCUT2D eigenvalue weighted by molar-refractivity contribution is 5.98. The van der Waals surface area contributed by atoms with Crippen LogP contribution in [-0.2, 0) is 6.42 Å². The Balaban J connectivity index is 1.42. The van der Waals surface area contributed by atoms with Gasteiger partial charge in [-0.2, -0.15) is 0 Å². The number of rotatable bonds is 8. The lowest BCUT2D eigenvalue weighted by Gasteiger charge is -2.17. The van der Waals surface area contributed by atoms with Crippen LogP contribution < -0.4 is 9.47 Å². The van der Waals surface area contributed by atoms with Gasteiger partial charge in [-0.3, -0.25) is 20.2 Å². The zero-order chi connectivity index (χ0) is 31.5. The fourth-order valence-corrected chi connectivity index (χ4v) is 5.10. The van der Waals surface area contributed by atoms with Crippen LogP contribution in [0.15, 0.2) is 121 Å². The molecule has 0 amide bonds. The quantitative estimate of drug-likeness (QED) is 0.0747. The van der Waals surface area contributed by atoms with Gasteiger partial charge in [0.05, 0.1) is 21.0 Å². The average Bonchev–Trinajstić information content (AvgIpc) is 3.06. The highest BCUT2D eigenvalue weighted by atomic mass is 16.6. The Kier molecular flexibility index (Phi) is 7.69. The predicted octanol–water partition coefficient (Wildman–Crippen LogP) is 7.84. The van der Waals surface area contributed by atoms with E-state index in [1.54, 1.807) is 36.4 Å². The summed E-state index contributed by atoms with van der Waals surface area (Å²) in [6.45, 7) is 0. The van der Waals surface area contributed by atoms with E-state index >= 15 is 0 Å². The molecule has 0 N–H and O–H groups in total. The van der Waals surface area contributed by atoms with E-state index in [9.17, 15) is 29.8 Å². The lowest BCUT2D eigenvalue weighted by molar-refractivity contribution is -0.385. The molecule has 0 fully saturated rings. The van der Waals surface area contributed by atoms with Gasteiger partial charge < -0.3 is 9.47 Å². The summed E-state index contributed by atoms with van der Waals surface area (Å²) < 4.78 is 11.9. The molecule has 0 aromatic heterocycles. The minimum atomic E-state index is -0.771. The number of fused-ring (bicyclic) bond motifs is 2. The second-order valence-corrected chi connectivity index (χ2v) is 10.1. The highest BCUT2D eigenvalue weighted by Gasteiger charge is 2.21. The fourth-order valence-electron chi connectivity index (χ4n) is 5.10. The second kappa shape index (κ2) is 12.1. The van der Waals surface area contributed by atoms with Crippen molar-refractivity contribution in [3.8, 4) is 11.5 Å². The number of hydrogen-bond donors (Lipinski definition) is 0. The first-order valence-corrected chi connectivity index (χ1v) is 13.7. The fraction of sp³-hybridized carbons (Fsp3) is 0.0286. The molecule has 0 bridgehead atoms. The first-order valence-electron chi connectivity index (χ1n) is 13.7. The number of nitro groups is 2. The molecule has 0 unspecified atom stereocenters. The summed E-state index contributed by atoms with van der Waals surface area (Å²) in [4.78, 5) is 48.0. The molecule has 0 spiro atoms. The van der Waals surface area contributed by atoms with Crippen molar-refractivity contribution in [1.29, 1.82) is 0 Å². The number of benzene rings is 6. The number of non-ortho nitro benzene ring substituents is 2. The SMILES string of the molecule is O=C(Oc1c(Cc2ccc3ccccc3c2OC(=O)c2cccc([N+](=O)[O-])c2)ccc2ccccc12)c1cccc([N+](=O)[O-])c1. The van der Waals surface area contributed by atoms with Gasteiger partial charge in [0.25, 0.3) is 11.4 Å². The predicted molar refractivity (Wildman–Crippen MR) is 167 cm³/mol. The van der Waals surface area contributed by atoms with Crippen LogP contribution in [0.1, 0.15) is 31.8 Å². The van der Waals surface area contributed by atoms with Crippen LogP contribution in [0.2, 0.25) is 0 Å². The van der Waals surface area contributed by atoms with Crippen LogP contribution in [-0.4, -0.2) is 21.8 Å². The molecule has 45 heavy (non-hydrogen) atoms. The Bertz CT molecular complexity index is 2010. The Hall–Kier alpha value is -6.42. The monoisotopic (exact) mass is 598 g/mol. The van der Waals surface area contributed by atoms with Gasteiger partial charge in [0.1, 0.15) is 11.5 Å². The minimum Gasteiger partial charge on any atom is -0.422 e. The topological polar surface area (TPSA) is 139 Å². The number of hydrogen-bond acceptors (Lipinski definition) is 8. The van der Waals surface area contributed by atoms with Crippen LogP contribution >= 0.6 is 0 Å². The van der Waals surface area contributed by atoms with E-state index in [0.29, 0.717) is 21.9 Å². The zero-order valence-corrected chi connectivity index (χ0v) is 23.4. The summed E-state index contributed by atoms with van der Waals surface area (Å²) in [6, 6.07) is 32.6. The van der Waals surface area contributed by atoms with Gasteiger partial charge in [-0.25, -0.2) is 9.59 Å². The standard InChI is InChI=1S/C35H22N2O8/c38-34(26-9-5-11-28(20-26)36(40)41)44-32-24(17-15-22-7-1-3-13-30(22)32)19-25-18-16-23-8-2-4-14-31(23)33(25)45-35(39)27-10-6-12-29(21-27)37(42)43/h1-18,20-21H,19H2. The maximum absolute atomic E-state index is 13.3. The molecule has 0 heterocycles. The van der Waals surface area contributed by atoms with Gasteiger partial charge in [-0.05, 0) is 22.9 Å². The molecule has 6 rings (SSSR count). The molecule has 220 valence electrons. The number of esters is 2. The Labute approximate surface area is 255 Å². The summed E-state index contributed by atoms with van der Waals surface area (Å²) >= 11 is 0. The third-order valence-electron chi connectivity index (χ3n) is 7.28. The first kappa shape index (κ1) is 28.7. The van der Waals surface area contributed by atoms with Crippen molar-refractivity contribution >= 4 is 44.9 Å². The molecule has 0 aliphatic rings. The normalized spacial score (nSPS) is 10.8. The molecule has 0 saturated carbocycles. The third-order valence-corrected chi connectivity index (χ3v) is 7.28. The number of ether oxygens (including phenoxy) is 2.